The molecule has 0 aliphatic carbocycles. The van der Waals surface area contributed by atoms with E-state index in [2.05, 4.69) is 42.1 Å². The fourth-order valence-electron chi connectivity index (χ4n) is 4.57. The van der Waals surface area contributed by atoms with Gasteiger partial charge >= 0.3 is 6.09 Å². The van der Waals surface area contributed by atoms with Crippen LogP contribution in [0.1, 0.15) is 45.1 Å². The largest absolute Gasteiger partial charge is 0.444 e. The van der Waals surface area contributed by atoms with E-state index in [0.29, 0.717) is 24.9 Å². The number of rotatable bonds is 5. The van der Waals surface area contributed by atoms with Crippen LogP contribution in [-0.4, -0.2) is 72.6 Å². The first kappa shape index (κ1) is 25.6. The summed E-state index contributed by atoms with van der Waals surface area (Å²) in [6.07, 6.45) is 3.33. The van der Waals surface area contributed by atoms with Crippen molar-refractivity contribution in [3.63, 3.8) is 0 Å². The van der Waals surface area contributed by atoms with E-state index in [0.717, 1.165) is 46.8 Å². The summed E-state index contributed by atoms with van der Waals surface area (Å²) in [7, 11) is 0. The highest BCUT2D eigenvalue weighted by molar-refractivity contribution is 5.83. The van der Waals surface area contributed by atoms with Crippen molar-refractivity contribution in [1.29, 1.82) is 0 Å². The first-order valence-electron chi connectivity index (χ1n) is 12.9. The molecular weight excluding hydrogens is 480 g/mol. The number of benzene rings is 1. The van der Waals surface area contributed by atoms with Gasteiger partial charge in [0.05, 0.1) is 16.7 Å². The highest BCUT2D eigenvalue weighted by Crippen LogP contribution is 2.26. The van der Waals surface area contributed by atoms with E-state index in [9.17, 15) is 4.79 Å². The Morgan fingerprint density at radius 2 is 1.79 bits per heavy atom. The highest BCUT2D eigenvalue weighted by Gasteiger charge is 2.28. The summed E-state index contributed by atoms with van der Waals surface area (Å²) >= 11 is 0. The van der Waals surface area contributed by atoms with Gasteiger partial charge in [0, 0.05) is 50.2 Å². The van der Waals surface area contributed by atoms with E-state index in [1.807, 2.05) is 70.3 Å². The lowest BCUT2D eigenvalue weighted by atomic mass is 10.1. The van der Waals surface area contributed by atoms with Crippen molar-refractivity contribution < 1.29 is 9.53 Å². The standard InChI is InChI=1S/C28H34N8O2/c1-18(35-12-14-36(15-13-35)27(37)38-28(3,4)5)20-8-10-30-25(17-20)34-26-32-23-7-6-21(16-24(23)33-26)22-9-11-29-19(2)31-22/h6-11,16-18H,12-15H2,1-5H3,(H2,30,32,33,34). The Balaban J connectivity index is 1.24. The Hall–Kier alpha value is -4.05. The van der Waals surface area contributed by atoms with Crippen LogP contribution in [0, 0.1) is 6.92 Å². The van der Waals surface area contributed by atoms with Crippen LogP contribution in [0.5, 0.6) is 0 Å². The van der Waals surface area contributed by atoms with Crippen LogP contribution in [0.4, 0.5) is 16.6 Å². The molecule has 3 aromatic heterocycles. The molecule has 0 saturated carbocycles. The number of amides is 1. The molecule has 1 aliphatic rings. The molecule has 1 aliphatic heterocycles. The van der Waals surface area contributed by atoms with Crippen LogP contribution in [0.3, 0.4) is 0 Å². The summed E-state index contributed by atoms with van der Waals surface area (Å²) in [4.78, 5) is 37.8. The number of hydrogen-bond donors (Lipinski definition) is 2. The predicted octanol–water partition coefficient (Wildman–Crippen LogP) is 5.08. The van der Waals surface area contributed by atoms with E-state index in [1.54, 1.807) is 11.1 Å². The number of piperazine rings is 1. The molecule has 1 fully saturated rings. The fraction of sp³-hybridized carbons (Fsp3) is 0.393. The third-order valence-corrected chi connectivity index (χ3v) is 6.58. The van der Waals surface area contributed by atoms with Gasteiger partial charge in [-0.2, -0.15) is 0 Å². The van der Waals surface area contributed by atoms with Gasteiger partial charge in [0.25, 0.3) is 0 Å². The summed E-state index contributed by atoms with van der Waals surface area (Å²) < 4.78 is 5.52. The van der Waals surface area contributed by atoms with Crippen molar-refractivity contribution in [2.75, 3.05) is 31.5 Å². The number of aromatic nitrogens is 5. The van der Waals surface area contributed by atoms with Gasteiger partial charge in [-0.1, -0.05) is 6.07 Å². The minimum Gasteiger partial charge on any atom is -0.444 e. The molecule has 198 valence electrons. The normalized spacial score (nSPS) is 15.4. The zero-order valence-electron chi connectivity index (χ0n) is 22.5. The number of aryl methyl sites for hydroxylation is 1. The van der Waals surface area contributed by atoms with Crippen molar-refractivity contribution in [3.8, 4) is 11.3 Å². The number of hydrogen-bond acceptors (Lipinski definition) is 8. The Morgan fingerprint density at radius 1 is 1.03 bits per heavy atom. The third kappa shape index (κ3) is 5.91. The molecule has 1 amide bonds. The lowest BCUT2D eigenvalue weighted by Crippen LogP contribution is -2.50. The topological polar surface area (TPSA) is 112 Å². The van der Waals surface area contributed by atoms with Crippen LogP contribution >= 0.6 is 0 Å². The van der Waals surface area contributed by atoms with Crippen LogP contribution < -0.4 is 5.32 Å². The summed E-state index contributed by atoms with van der Waals surface area (Å²) in [6.45, 7) is 12.6. The Labute approximate surface area is 222 Å². The van der Waals surface area contributed by atoms with Crippen LogP contribution in [0.25, 0.3) is 22.3 Å². The van der Waals surface area contributed by atoms with Gasteiger partial charge in [0.15, 0.2) is 0 Å². The number of carbonyl (C=O) groups excluding carboxylic acids is 1. The third-order valence-electron chi connectivity index (χ3n) is 6.58. The molecule has 0 radical (unpaired) electrons. The molecule has 2 N–H and O–H groups in total. The number of nitrogens with one attached hydrogen (secondary N) is 2. The lowest BCUT2D eigenvalue weighted by Gasteiger charge is -2.38. The predicted molar refractivity (Wildman–Crippen MR) is 147 cm³/mol. The minimum absolute atomic E-state index is 0.175. The monoisotopic (exact) mass is 514 g/mol. The molecule has 0 spiro atoms. The SMILES string of the molecule is Cc1nccc(-c2ccc3nc(Nc4cc(C(C)N5CCN(C(=O)OC(C)(C)C)CC5)ccn4)[nH]c3c2)n1. The quantitative estimate of drug-likeness (QED) is 0.379. The second kappa shape index (κ2) is 10.4. The summed E-state index contributed by atoms with van der Waals surface area (Å²) in [6, 6.07) is 12.2. The van der Waals surface area contributed by atoms with Gasteiger partial charge in [-0.05, 0) is 70.5 Å². The summed E-state index contributed by atoms with van der Waals surface area (Å²) in [5, 5.41) is 3.31. The number of imidazole rings is 1. The molecule has 0 bridgehead atoms. The van der Waals surface area contributed by atoms with Crippen molar-refractivity contribution in [2.45, 2.75) is 46.3 Å². The fourth-order valence-corrected chi connectivity index (χ4v) is 4.57. The first-order valence-corrected chi connectivity index (χ1v) is 12.9. The number of fused-ring (bicyclic) bond motifs is 1. The van der Waals surface area contributed by atoms with Gasteiger partial charge in [-0.3, -0.25) is 4.90 Å². The van der Waals surface area contributed by atoms with Gasteiger partial charge in [-0.25, -0.2) is 24.7 Å². The number of H-pyrrole nitrogens is 1. The number of pyridine rings is 1. The van der Waals surface area contributed by atoms with Gasteiger partial charge in [0.1, 0.15) is 17.2 Å². The maximum absolute atomic E-state index is 12.4. The van der Waals surface area contributed by atoms with Crippen LogP contribution in [0.2, 0.25) is 0 Å². The van der Waals surface area contributed by atoms with E-state index in [1.165, 1.54) is 0 Å². The van der Waals surface area contributed by atoms with Crippen LogP contribution in [-0.2, 0) is 4.74 Å². The molecule has 1 unspecified atom stereocenters. The van der Waals surface area contributed by atoms with Gasteiger partial charge in [0.2, 0.25) is 5.95 Å². The number of aromatic amines is 1. The average molecular weight is 515 g/mol. The maximum atomic E-state index is 12.4. The summed E-state index contributed by atoms with van der Waals surface area (Å²) in [5.41, 5.74) is 4.30. The van der Waals surface area contributed by atoms with E-state index >= 15 is 0 Å². The molecule has 10 heteroatoms. The van der Waals surface area contributed by atoms with Gasteiger partial charge < -0.3 is 19.9 Å². The first-order chi connectivity index (χ1) is 18.1. The van der Waals surface area contributed by atoms with Crippen LogP contribution in [0.15, 0.2) is 48.8 Å². The Bertz CT molecular complexity index is 1440. The number of carbonyl (C=O) groups is 1. The molecule has 4 aromatic rings. The zero-order valence-corrected chi connectivity index (χ0v) is 22.5. The summed E-state index contributed by atoms with van der Waals surface area (Å²) in [5.74, 6) is 2.08. The second-order valence-electron chi connectivity index (χ2n) is 10.6. The molecule has 5 rings (SSSR count). The average Bonchev–Trinajstić information content (AvgIpc) is 3.29. The second-order valence-corrected chi connectivity index (χ2v) is 10.6. The number of nitrogens with zero attached hydrogens (tertiary/aromatic N) is 6. The highest BCUT2D eigenvalue weighted by atomic mass is 16.6. The number of ether oxygens (including phenoxy) is 1. The minimum atomic E-state index is -0.486. The molecule has 10 nitrogen and oxygen atoms in total. The molecule has 1 atom stereocenters. The van der Waals surface area contributed by atoms with Crippen molar-refractivity contribution >= 4 is 28.9 Å². The molecular formula is C28H34N8O2. The van der Waals surface area contributed by atoms with Gasteiger partial charge in [-0.15, -0.1) is 0 Å². The lowest BCUT2D eigenvalue weighted by molar-refractivity contribution is 0.0110. The van der Waals surface area contributed by atoms with E-state index in [4.69, 9.17) is 4.74 Å². The van der Waals surface area contributed by atoms with Crippen molar-refractivity contribution in [3.05, 3.63) is 60.2 Å². The zero-order chi connectivity index (χ0) is 26.9. The van der Waals surface area contributed by atoms with Crippen molar-refractivity contribution in [1.82, 2.24) is 34.7 Å². The smallest absolute Gasteiger partial charge is 0.410 e. The molecule has 1 aromatic carbocycles. The maximum Gasteiger partial charge on any atom is 0.410 e. The Morgan fingerprint density at radius 3 is 2.53 bits per heavy atom. The molecule has 4 heterocycles. The van der Waals surface area contributed by atoms with E-state index in [-0.39, 0.29) is 12.1 Å². The van der Waals surface area contributed by atoms with Crippen molar-refractivity contribution in [2.24, 2.45) is 0 Å². The van der Waals surface area contributed by atoms with E-state index < -0.39 is 5.60 Å². The number of anilines is 2. The molecule has 38 heavy (non-hydrogen) atoms. The molecule has 1 saturated heterocycles. The Kier molecular flexibility index (Phi) is 6.98.